The van der Waals surface area contributed by atoms with Crippen LogP contribution in [-0.2, 0) is 0 Å². The van der Waals surface area contributed by atoms with Gasteiger partial charge in [0.2, 0.25) is 0 Å². The van der Waals surface area contributed by atoms with E-state index in [0.29, 0.717) is 28.1 Å². The largest absolute Gasteiger partial charge is 0.460 e. The van der Waals surface area contributed by atoms with Crippen LogP contribution < -0.4 is 5.56 Å². The highest BCUT2D eigenvalue weighted by molar-refractivity contribution is 5.87. The van der Waals surface area contributed by atoms with E-state index in [0.717, 1.165) is 11.4 Å². The Labute approximate surface area is 163 Å². The number of nitrogens with zero attached hydrogens (tertiary/aromatic N) is 6. The second-order valence-electron chi connectivity index (χ2n) is 6.38. The Morgan fingerprint density at radius 3 is 2.79 bits per heavy atom. The molecule has 9 heteroatoms. The van der Waals surface area contributed by atoms with Crippen LogP contribution in [0.25, 0.3) is 28.2 Å². The van der Waals surface area contributed by atoms with Crippen LogP contribution in [0.1, 0.15) is 11.3 Å². The van der Waals surface area contributed by atoms with Gasteiger partial charge >= 0.3 is 0 Å². The summed E-state index contributed by atoms with van der Waals surface area (Å²) in [4.78, 5) is 17.2. The first-order valence-electron chi connectivity index (χ1n) is 8.86. The SMILES string of the molecule is Cc1ccc(-c2[nH]ncc2/C=N/n2cnc3c(cnn3-c3ccccc3)c2=O)o1. The summed E-state index contributed by atoms with van der Waals surface area (Å²) in [5.74, 6) is 1.44. The van der Waals surface area contributed by atoms with E-state index in [9.17, 15) is 4.79 Å². The first-order valence-corrected chi connectivity index (χ1v) is 8.86. The lowest BCUT2D eigenvalue weighted by molar-refractivity contribution is 0.546. The predicted octanol–water partition coefficient (Wildman–Crippen LogP) is 2.76. The number of aromatic amines is 1. The molecule has 4 heterocycles. The molecule has 1 N–H and O–H groups in total. The third kappa shape index (κ3) is 2.94. The molecule has 0 amide bonds. The molecule has 0 saturated carbocycles. The summed E-state index contributed by atoms with van der Waals surface area (Å²) in [7, 11) is 0. The van der Waals surface area contributed by atoms with Gasteiger partial charge in [-0.1, -0.05) is 18.2 Å². The van der Waals surface area contributed by atoms with Crippen LogP contribution in [0.4, 0.5) is 0 Å². The summed E-state index contributed by atoms with van der Waals surface area (Å²) in [5.41, 5.74) is 2.36. The number of H-pyrrole nitrogens is 1. The zero-order valence-electron chi connectivity index (χ0n) is 15.4. The Morgan fingerprint density at radius 2 is 2.00 bits per heavy atom. The van der Waals surface area contributed by atoms with Crippen LogP contribution in [-0.4, -0.2) is 35.9 Å². The van der Waals surface area contributed by atoms with Crippen LogP contribution in [0.15, 0.2) is 75.5 Å². The van der Waals surface area contributed by atoms with Crippen molar-refractivity contribution < 1.29 is 4.42 Å². The molecule has 29 heavy (non-hydrogen) atoms. The molecule has 0 saturated heterocycles. The van der Waals surface area contributed by atoms with E-state index in [4.69, 9.17) is 4.42 Å². The number of para-hydroxylation sites is 1. The fourth-order valence-electron chi connectivity index (χ4n) is 3.03. The second-order valence-corrected chi connectivity index (χ2v) is 6.38. The number of benzene rings is 1. The topological polar surface area (TPSA) is 107 Å². The summed E-state index contributed by atoms with van der Waals surface area (Å²) in [6.07, 6.45) is 6.02. The van der Waals surface area contributed by atoms with Crippen LogP contribution in [0.5, 0.6) is 0 Å². The third-order valence-corrected chi connectivity index (χ3v) is 4.45. The van der Waals surface area contributed by atoms with Crippen molar-refractivity contribution in [2.24, 2.45) is 5.10 Å². The van der Waals surface area contributed by atoms with Gasteiger partial charge < -0.3 is 4.42 Å². The molecule has 0 unspecified atom stereocenters. The average molecular weight is 385 g/mol. The molecule has 1 aromatic carbocycles. The highest BCUT2D eigenvalue weighted by Crippen LogP contribution is 2.22. The van der Waals surface area contributed by atoms with Crippen LogP contribution >= 0.6 is 0 Å². The molecule has 5 rings (SSSR count). The van der Waals surface area contributed by atoms with Crippen molar-refractivity contribution in [3.05, 3.63) is 82.9 Å². The van der Waals surface area contributed by atoms with Gasteiger partial charge in [-0.15, -0.1) is 0 Å². The lowest BCUT2D eigenvalue weighted by Gasteiger charge is -2.02. The molecule has 0 bridgehead atoms. The quantitative estimate of drug-likeness (QED) is 0.479. The van der Waals surface area contributed by atoms with Crippen molar-refractivity contribution in [1.82, 2.24) is 29.6 Å². The van der Waals surface area contributed by atoms with Gasteiger partial charge in [-0.3, -0.25) is 9.89 Å². The Morgan fingerprint density at radius 1 is 1.14 bits per heavy atom. The van der Waals surface area contributed by atoms with Gasteiger partial charge in [-0.25, -0.2) is 9.67 Å². The van der Waals surface area contributed by atoms with Crippen LogP contribution in [0, 0.1) is 6.92 Å². The number of hydrogen-bond acceptors (Lipinski definition) is 6. The molecule has 4 aromatic heterocycles. The number of aromatic nitrogens is 6. The Bertz CT molecular complexity index is 1390. The molecule has 0 aliphatic heterocycles. The number of aryl methyl sites for hydroxylation is 1. The first kappa shape index (κ1) is 16.9. The molecule has 0 spiro atoms. The van der Waals surface area contributed by atoms with Gasteiger partial charge in [0.05, 0.1) is 24.3 Å². The van der Waals surface area contributed by atoms with Gasteiger partial charge in [0, 0.05) is 5.56 Å². The summed E-state index contributed by atoms with van der Waals surface area (Å²) in [5, 5.41) is 15.8. The minimum absolute atomic E-state index is 0.313. The van der Waals surface area contributed by atoms with E-state index in [-0.39, 0.29) is 5.56 Å². The summed E-state index contributed by atoms with van der Waals surface area (Å²) >= 11 is 0. The highest BCUT2D eigenvalue weighted by atomic mass is 16.3. The molecule has 0 fully saturated rings. The summed E-state index contributed by atoms with van der Waals surface area (Å²) in [6.45, 7) is 1.86. The van der Waals surface area contributed by atoms with Crippen molar-refractivity contribution in [3.63, 3.8) is 0 Å². The minimum Gasteiger partial charge on any atom is -0.460 e. The zero-order chi connectivity index (χ0) is 19.8. The van der Waals surface area contributed by atoms with Crippen molar-refractivity contribution >= 4 is 17.2 Å². The van der Waals surface area contributed by atoms with E-state index in [1.54, 1.807) is 10.9 Å². The molecule has 142 valence electrons. The maximum atomic E-state index is 12.8. The lowest BCUT2D eigenvalue weighted by Crippen LogP contribution is -2.17. The van der Waals surface area contributed by atoms with E-state index in [1.165, 1.54) is 23.4 Å². The molecule has 5 aromatic rings. The number of hydrogen-bond donors (Lipinski definition) is 1. The fourth-order valence-corrected chi connectivity index (χ4v) is 3.03. The first-order chi connectivity index (χ1) is 14.2. The molecule has 9 nitrogen and oxygen atoms in total. The van der Waals surface area contributed by atoms with E-state index >= 15 is 0 Å². The maximum absolute atomic E-state index is 12.8. The van der Waals surface area contributed by atoms with Gasteiger partial charge in [-0.05, 0) is 31.2 Å². The van der Waals surface area contributed by atoms with E-state index in [1.807, 2.05) is 49.4 Å². The fraction of sp³-hybridized carbons (Fsp3) is 0.0500. The van der Waals surface area contributed by atoms with Crippen molar-refractivity contribution in [1.29, 1.82) is 0 Å². The monoisotopic (exact) mass is 385 g/mol. The predicted molar refractivity (Wildman–Crippen MR) is 107 cm³/mol. The van der Waals surface area contributed by atoms with Gasteiger partial charge in [0.25, 0.3) is 5.56 Å². The van der Waals surface area contributed by atoms with Crippen LogP contribution in [0.3, 0.4) is 0 Å². The standard InChI is InChI=1S/C20H15N7O2/c1-13-7-8-17(29-13)18-14(9-22-25-18)10-23-26-12-21-19-16(20(26)28)11-24-27(19)15-5-3-2-4-6-15/h2-12H,1H3,(H,22,25)/b23-10+. The van der Waals surface area contributed by atoms with Crippen LogP contribution in [0.2, 0.25) is 0 Å². The molecule has 0 atom stereocenters. The Hall–Kier alpha value is -4.27. The van der Waals surface area contributed by atoms with Crippen molar-refractivity contribution in [2.75, 3.05) is 0 Å². The van der Waals surface area contributed by atoms with Gasteiger partial charge in [-0.2, -0.15) is 20.0 Å². The second kappa shape index (κ2) is 6.71. The lowest BCUT2D eigenvalue weighted by atomic mass is 10.2. The van der Waals surface area contributed by atoms with Crippen molar-refractivity contribution in [2.45, 2.75) is 6.92 Å². The summed E-state index contributed by atoms with van der Waals surface area (Å²) in [6, 6.07) is 13.2. The van der Waals surface area contributed by atoms with E-state index in [2.05, 4.69) is 25.4 Å². The molecule has 0 aliphatic rings. The molecular formula is C20H15N7O2. The Kier molecular flexibility index (Phi) is 3.91. The summed E-state index contributed by atoms with van der Waals surface area (Å²) < 4.78 is 8.42. The molecule has 0 aliphatic carbocycles. The number of nitrogens with one attached hydrogen (secondary N) is 1. The smallest absolute Gasteiger partial charge is 0.285 e. The Balaban J connectivity index is 1.52. The third-order valence-electron chi connectivity index (χ3n) is 4.45. The van der Waals surface area contributed by atoms with Gasteiger partial charge in [0.15, 0.2) is 11.4 Å². The minimum atomic E-state index is -0.313. The van der Waals surface area contributed by atoms with Crippen molar-refractivity contribution in [3.8, 4) is 17.1 Å². The average Bonchev–Trinajstić information content (AvgIpc) is 3.47. The zero-order valence-corrected chi connectivity index (χ0v) is 15.4. The molecule has 0 radical (unpaired) electrons. The maximum Gasteiger partial charge on any atom is 0.285 e. The highest BCUT2D eigenvalue weighted by Gasteiger charge is 2.12. The van der Waals surface area contributed by atoms with Gasteiger partial charge in [0.1, 0.15) is 23.2 Å². The number of rotatable bonds is 4. The number of fused-ring (bicyclic) bond motifs is 1. The van der Waals surface area contributed by atoms with E-state index < -0.39 is 0 Å². The normalized spacial score (nSPS) is 11.6. The molecular weight excluding hydrogens is 370 g/mol. The number of furan rings is 1.